The zero-order valence-corrected chi connectivity index (χ0v) is 7.38. The first-order valence-electron chi connectivity index (χ1n) is 3.09. The van der Waals surface area contributed by atoms with Crippen molar-refractivity contribution in [3.8, 4) is 0 Å². The van der Waals surface area contributed by atoms with Crippen molar-refractivity contribution in [1.82, 2.24) is 0 Å². The third-order valence-electron chi connectivity index (χ3n) is 1.33. The van der Waals surface area contributed by atoms with Gasteiger partial charge in [0.25, 0.3) is 0 Å². The largest absolute Gasteiger partial charge is 0.207 e. The number of rotatable bonds is 1. The van der Waals surface area contributed by atoms with Crippen LogP contribution in [0.1, 0.15) is 12.5 Å². The molecular weight excluding hydrogens is 186 g/mol. The van der Waals surface area contributed by atoms with E-state index in [1.165, 1.54) is 12.1 Å². The molecule has 1 rings (SSSR count). The Balaban J connectivity index is 3.25. The summed E-state index contributed by atoms with van der Waals surface area (Å²) in [6.07, 6.45) is 1.74. The van der Waals surface area contributed by atoms with Crippen LogP contribution in [0.4, 0.5) is 4.39 Å². The molecule has 0 heterocycles. The minimum Gasteiger partial charge on any atom is -0.207 e. The molecule has 0 bridgehead atoms. The van der Waals surface area contributed by atoms with Gasteiger partial charge in [-0.15, -0.1) is 0 Å². The van der Waals surface area contributed by atoms with E-state index in [0.29, 0.717) is 15.6 Å². The second-order valence-electron chi connectivity index (χ2n) is 2.07. The van der Waals surface area contributed by atoms with Crippen molar-refractivity contribution >= 4 is 23.2 Å². The zero-order chi connectivity index (χ0) is 8.43. The molecule has 59 valence electrons. The van der Waals surface area contributed by atoms with Crippen molar-refractivity contribution in [1.29, 1.82) is 0 Å². The van der Waals surface area contributed by atoms with Crippen LogP contribution in [0.25, 0.3) is 0 Å². The Hall–Kier alpha value is -0.270. The Morgan fingerprint density at radius 1 is 1.27 bits per heavy atom. The van der Waals surface area contributed by atoms with E-state index >= 15 is 0 Å². The third kappa shape index (κ3) is 1.85. The standard InChI is InChI=1S/C8H6Cl2F/c1-2-6-7(9)3-5(11)4-8(6)10/h2-4H,1H3. The Bertz CT molecular complexity index is 248. The van der Waals surface area contributed by atoms with Gasteiger partial charge in [-0.25, -0.2) is 4.39 Å². The van der Waals surface area contributed by atoms with Crippen molar-refractivity contribution in [2.24, 2.45) is 0 Å². The molecule has 0 saturated heterocycles. The summed E-state index contributed by atoms with van der Waals surface area (Å²) in [5.74, 6) is -0.411. The highest BCUT2D eigenvalue weighted by molar-refractivity contribution is 6.36. The number of hydrogen-bond acceptors (Lipinski definition) is 0. The quantitative estimate of drug-likeness (QED) is 0.636. The van der Waals surface area contributed by atoms with Crippen molar-refractivity contribution < 1.29 is 4.39 Å². The molecule has 3 heteroatoms. The van der Waals surface area contributed by atoms with E-state index < -0.39 is 5.82 Å². The highest BCUT2D eigenvalue weighted by Gasteiger charge is 2.05. The summed E-state index contributed by atoms with van der Waals surface area (Å²) in [5.41, 5.74) is 0.676. The monoisotopic (exact) mass is 191 g/mol. The minimum absolute atomic E-state index is 0.345. The highest BCUT2D eigenvalue weighted by Crippen LogP contribution is 2.26. The number of hydrogen-bond donors (Lipinski definition) is 0. The van der Waals surface area contributed by atoms with Gasteiger partial charge < -0.3 is 0 Å². The average Bonchev–Trinajstić information content (AvgIpc) is 1.85. The van der Waals surface area contributed by atoms with Crippen LogP contribution in [0.15, 0.2) is 12.1 Å². The first kappa shape index (κ1) is 8.82. The lowest BCUT2D eigenvalue weighted by molar-refractivity contribution is 0.627. The molecule has 11 heavy (non-hydrogen) atoms. The molecule has 0 nitrogen and oxygen atoms in total. The van der Waals surface area contributed by atoms with Crippen LogP contribution in [-0.2, 0) is 0 Å². The number of benzene rings is 1. The molecule has 1 radical (unpaired) electrons. The van der Waals surface area contributed by atoms with Crippen molar-refractivity contribution in [3.05, 3.63) is 40.0 Å². The van der Waals surface area contributed by atoms with Gasteiger partial charge in [-0.1, -0.05) is 30.1 Å². The molecule has 0 aliphatic carbocycles. The maximum absolute atomic E-state index is 12.6. The summed E-state index contributed by atoms with van der Waals surface area (Å²) in [6.45, 7) is 1.80. The summed E-state index contributed by atoms with van der Waals surface area (Å²) in [4.78, 5) is 0. The number of halogens is 3. The molecular formula is C8H6Cl2F. The van der Waals surface area contributed by atoms with Crippen molar-refractivity contribution in [2.45, 2.75) is 6.92 Å². The first-order chi connectivity index (χ1) is 5.15. The van der Waals surface area contributed by atoms with E-state index in [0.717, 1.165) is 0 Å². The van der Waals surface area contributed by atoms with Gasteiger partial charge in [0.15, 0.2) is 0 Å². The fourth-order valence-electron chi connectivity index (χ4n) is 0.829. The van der Waals surface area contributed by atoms with Crippen LogP contribution in [0.5, 0.6) is 0 Å². The first-order valence-corrected chi connectivity index (χ1v) is 3.84. The van der Waals surface area contributed by atoms with Crippen LogP contribution in [0, 0.1) is 12.2 Å². The van der Waals surface area contributed by atoms with Gasteiger partial charge in [0.2, 0.25) is 0 Å². The average molecular weight is 192 g/mol. The summed E-state index contributed by atoms with van der Waals surface area (Å²) in [7, 11) is 0. The van der Waals surface area contributed by atoms with E-state index in [2.05, 4.69) is 0 Å². The van der Waals surface area contributed by atoms with E-state index in [-0.39, 0.29) is 0 Å². The second kappa shape index (κ2) is 3.42. The normalized spacial score (nSPS) is 10.2. The fraction of sp³-hybridized carbons (Fsp3) is 0.125. The Labute approximate surface area is 74.9 Å². The maximum atomic E-state index is 12.6. The summed E-state index contributed by atoms with van der Waals surface area (Å²) >= 11 is 11.4. The molecule has 0 fully saturated rings. The van der Waals surface area contributed by atoms with Gasteiger partial charge in [-0.05, 0) is 24.1 Å². The van der Waals surface area contributed by atoms with E-state index in [4.69, 9.17) is 23.2 Å². The van der Waals surface area contributed by atoms with Crippen LogP contribution >= 0.6 is 23.2 Å². The van der Waals surface area contributed by atoms with Gasteiger partial charge in [0, 0.05) is 10.0 Å². The Morgan fingerprint density at radius 2 is 1.73 bits per heavy atom. The smallest absolute Gasteiger partial charge is 0.126 e. The second-order valence-corrected chi connectivity index (χ2v) is 2.89. The van der Waals surface area contributed by atoms with Crippen LogP contribution in [0.2, 0.25) is 10.0 Å². The zero-order valence-electron chi connectivity index (χ0n) is 5.87. The lowest BCUT2D eigenvalue weighted by Gasteiger charge is -2.02. The Kier molecular flexibility index (Phi) is 2.74. The molecule has 0 amide bonds. The highest BCUT2D eigenvalue weighted by atomic mass is 35.5. The lowest BCUT2D eigenvalue weighted by Crippen LogP contribution is -1.84. The molecule has 0 aromatic heterocycles. The molecule has 0 N–H and O–H groups in total. The molecule has 0 aliphatic heterocycles. The Morgan fingerprint density at radius 3 is 2.09 bits per heavy atom. The summed E-state index contributed by atoms with van der Waals surface area (Å²) in [5, 5.41) is 0.690. The fourth-order valence-corrected chi connectivity index (χ4v) is 1.51. The van der Waals surface area contributed by atoms with E-state index in [1.54, 1.807) is 13.3 Å². The van der Waals surface area contributed by atoms with Gasteiger partial charge in [-0.2, -0.15) is 0 Å². The molecule has 0 atom stereocenters. The maximum Gasteiger partial charge on any atom is 0.126 e. The SMILES string of the molecule is C[CH]c1c(Cl)cc(F)cc1Cl. The van der Waals surface area contributed by atoms with Gasteiger partial charge in [0.05, 0.1) is 0 Å². The van der Waals surface area contributed by atoms with Crippen LogP contribution in [0.3, 0.4) is 0 Å². The van der Waals surface area contributed by atoms with E-state index in [1.807, 2.05) is 0 Å². The van der Waals surface area contributed by atoms with Crippen LogP contribution < -0.4 is 0 Å². The minimum atomic E-state index is -0.411. The van der Waals surface area contributed by atoms with Gasteiger partial charge in [0.1, 0.15) is 5.82 Å². The summed E-state index contributed by atoms with van der Waals surface area (Å²) in [6, 6.07) is 2.48. The molecule has 0 aliphatic rings. The van der Waals surface area contributed by atoms with E-state index in [9.17, 15) is 4.39 Å². The van der Waals surface area contributed by atoms with Crippen LogP contribution in [-0.4, -0.2) is 0 Å². The molecule has 1 aromatic carbocycles. The summed E-state index contributed by atoms with van der Waals surface area (Å²) < 4.78 is 12.6. The predicted molar refractivity (Wildman–Crippen MR) is 45.5 cm³/mol. The van der Waals surface area contributed by atoms with Gasteiger partial charge in [-0.3, -0.25) is 0 Å². The van der Waals surface area contributed by atoms with Crippen molar-refractivity contribution in [2.75, 3.05) is 0 Å². The third-order valence-corrected chi connectivity index (χ3v) is 1.96. The molecule has 0 spiro atoms. The molecule has 1 aromatic rings. The molecule has 0 unspecified atom stereocenters. The predicted octanol–water partition coefficient (Wildman–Crippen LogP) is 3.70. The molecule has 0 saturated carbocycles. The topological polar surface area (TPSA) is 0 Å². The van der Waals surface area contributed by atoms with Gasteiger partial charge >= 0.3 is 0 Å². The van der Waals surface area contributed by atoms with Crippen molar-refractivity contribution in [3.63, 3.8) is 0 Å². The lowest BCUT2D eigenvalue weighted by atomic mass is 10.2.